The minimum absolute atomic E-state index is 0.232. The van der Waals surface area contributed by atoms with Crippen LogP contribution >= 0.6 is 0 Å². The fourth-order valence-electron chi connectivity index (χ4n) is 3.41. The van der Waals surface area contributed by atoms with Gasteiger partial charge in [0.05, 0.1) is 12.1 Å². The van der Waals surface area contributed by atoms with Crippen LogP contribution in [0.15, 0.2) is 65.8 Å². The standard InChI is InChI=1S/C22H28N4O2/c23-26-25-20(15-18-9-3-1-4-10-18)21(28-22-13-7-8-14-27-22)17-24-16-19-11-5-2-6-12-19/h1-6,9-12,20-22,24H,7-8,13-17H2/t20?,21-,22?/m1/s1. The van der Waals surface area contributed by atoms with Crippen LogP contribution in [0.3, 0.4) is 0 Å². The number of hydrogen-bond acceptors (Lipinski definition) is 4. The van der Waals surface area contributed by atoms with E-state index in [0.717, 1.165) is 38.0 Å². The van der Waals surface area contributed by atoms with Gasteiger partial charge in [-0.2, -0.15) is 0 Å². The second-order valence-electron chi connectivity index (χ2n) is 7.05. The first-order valence-corrected chi connectivity index (χ1v) is 9.95. The third-order valence-electron chi connectivity index (χ3n) is 4.90. The van der Waals surface area contributed by atoms with Crippen LogP contribution in [0.5, 0.6) is 0 Å². The maximum atomic E-state index is 9.12. The predicted octanol–water partition coefficient (Wildman–Crippen LogP) is 4.61. The van der Waals surface area contributed by atoms with Crippen molar-refractivity contribution in [2.45, 2.75) is 50.7 Å². The van der Waals surface area contributed by atoms with Gasteiger partial charge in [-0.3, -0.25) is 0 Å². The SMILES string of the molecule is [N-]=[N+]=NC(Cc1ccccc1)[C@@H](CNCc1ccccc1)OC1CCCCO1. The first-order chi connectivity index (χ1) is 13.8. The van der Waals surface area contributed by atoms with Crippen LogP contribution in [0.2, 0.25) is 0 Å². The number of rotatable bonds is 10. The molecule has 2 aromatic carbocycles. The van der Waals surface area contributed by atoms with Gasteiger partial charge in [0.2, 0.25) is 0 Å². The van der Waals surface area contributed by atoms with Gasteiger partial charge in [0, 0.05) is 24.6 Å². The van der Waals surface area contributed by atoms with Gasteiger partial charge in [-0.15, -0.1) is 0 Å². The van der Waals surface area contributed by atoms with E-state index in [0.29, 0.717) is 13.0 Å². The Morgan fingerprint density at radius 2 is 1.79 bits per heavy atom. The number of nitrogens with zero attached hydrogens (tertiary/aromatic N) is 3. The highest BCUT2D eigenvalue weighted by atomic mass is 16.7. The first-order valence-electron chi connectivity index (χ1n) is 9.95. The van der Waals surface area contributed by atoms with E-state index < -0.39 is 0 Å². The zero-order valence-corrected chi connectivity index (χ0v) is 16.1. The van der Waals surface area contributed by atoms with Crippen LogP contribution in [0.25, 0.3) is 10.4 Å². The van der Waals surface area contributed by atoms with Crippen molar-refractivity contribution in [2.24, 2.45) is 5.11 Å². The van der Waals surface area contributed by atoms with Crippen LogP contribution in [-0.4, -0.2) is 31.6 Å². The van der Waals surface area contributed by atoms with Crippen molar-refractivity contribution in [3.8, 4) is 0 Å². The highest BCUT2D eigenvalue weighted by Gasteiger charge is 2.26. The molecule has 0 saturated carbocycles. The van der Waals surface area contributed by atoms with Crippen molar-refractivity contribution >= 4 is 0 Å². The lowest BCUT2D eigenvalue weighted by Crippen LogP contribution is -2.42. The largest absolute Gasteiger partial charge is 0.353 e. The van der Waals surface area contributed by atoms with Gasteiger partial charge >= 0.3 is 0 Å². The average Bonchev–Trinajstić information content (AvgIpc) is 2.75. The molecule has 0 bridgehead atoms. The summed E-state index contributed by atoms with van der Waals surface area (Å²) in [6, 6.07) is 20.0. The van der Waals surface area contributed by atoms with Crippen molar-refractivity contribution in [1.82, 2.24) is 5.32 Å². The van der Waals surface area contributed by atoms with E-state index in [1.54, 1.807) is 0 Å². The molecule has 3 atom stereocenters. The van der Waals surface area contributed by atoms with Crippen molar-refractivity contribution in [1.29, 1.82) is 0 Å². The van der Waals surface area contributed by atoms with Crippen LogP contribution in [0.1, 0.15) is 30.4 Å². The van der Waals surface area contributed by atoms with E-state index in [-0.39, 0.29) is 18.4 Å². The van der Waals surface area contributed by atoms with Gasteiger partial charge in [-0.25, -0.2) is 0 Å². The van der Waals surface area contributed by atoms with Crippen molar-refractivity contribution in [2.75, 3.05) is 13.2 Å². The van der Waals surface area contributed by atoms with Crippen LogP contribution in [-0.2, 0) is 22.4 Å². The quantitative estimate of drug-likeness (QED) is 0.371. The van der Waals surface area contributed by atoms with Crippen LogP contribution in [0.4, 0.5) is 0 Å². The molecule has 3 rings (SSSR count). The summed E-state index contributed by atoms with van der Waals surface area (Å²) in [6.07, 6.45) is 3.19. The Kier molecular flexibility index (Phi) is 8.34. The van der Waals surface area contributed by atoms with Gasteiger partial charge in [0.15, 0.2) is 6.29 Å². The van der Waals surface area contributed by atoms with Gasteiger partial charge in [0.1, 0.15) is 0 Å². The summed E-state index contributed by atoms with van der Waals surface area (Å²) >= 11 is 0. The molecule has 0 spiro atoms. The molecule has 0 aliphatic carbocycles. The summed E-state index contributed by atoms with van der Waals surface area (Å²) in [5.74, 6) is 0. The van der Waals surface area contributed by atoms with E-state index in [1.165, 1.54) is 5.56 Å². The van der Waals surface area contributed by atoms with Gasteiger partial charge in [-0.05, 0) is 42.3 Å². The Labute approximate surface area is 166 Å². The molecule has 1 heterocycles. The summed E-state index contributed by atoms with van der Waals surface area (Å²) in [4.78, 5) is 3.09. The summed E-state index contributed by atoms with van der Waals surface area (Å²) in [5, 5.41) is 7.52. The Morgan fingerprint density at radius 1 is 1.07 bits per heavy atom. The summed E-state index contributed by atoms with van der Waals surface area (Å²) in [7, 11) is 0. The number of nitrogens with one attached hydrogen (secondary N) is 1. The lowest BCUT2D eigenvalue weighted by atomic mass is 10.0. The van der Waals surface area contributed by atoms with E-state index in [2.05, 4.69) is 27.5 Å². The van der Waals surface area contributed by atoms with E-state index >= 15 is 0 Å². The second kappa shape index (κ2) is 11.5. The number of azide groups is 1. The smallest absolute Gasteiger partial charge is 0.158 e. The molecular formula is C22H28N4O2. The van der Waals surface area contributed by atoms with Crippen LogP contribution in [0, 0.1) is 0 Å². The molecule has 1 N–H and O–H groups in total. The number of ether oxygens (including phenoxy) is 2. The molecule has 2 aromatic rings. The maximum Gasteiger partial charge on any atom is 0.158 e. The first kappa shape index (κ1) is 20.4. The molecule has 2 unspecified atom stereocenters. The molecule has 0 amide bonds. The maximum absolute atomic E-state index is 9.12. The third kappa shape index (κ3) is 6.66. The zero-order chi connectivity index (χ0) is 19.4. The predicted molar refractivity (Wildman–Crippen MR) is 110 cm³/mol. The van der Waals surface area contributed by atoms with Gasteiger partial charge < -0.3 is 14.8 Å². The Bertz CT molecular complexity index is 729. The zero-order valence-electron chi connectivity index (χ0n) is 16.1. The Hall–Kier alpha value is -2.37. The van der Waals surface area contributed by atoms with E-state index in [9.17, 15) is 0 Å². The molecule has 1 aliphatic heterocycles. The number of benzene rings is 2. The molecular weight excluding hydrogens is 352 g/mol. The Balaban J connectivity index is 1.67. The minimum Gasteiger partial charge on any atom is -0.353 e. The van der Waals surface area contributed by atoms with E-state index in [1.807, 2.05) is 48.5 Å². The second-order valence-corrected chi connectivity index (χ2v) is 7.05. The number of hydrogen-bond donors (Lipinski definition) is 1. The fourth-order valence-corrected chi connectivity index (χ4v) is 3.41. The molecule has 148 valence electrons. The molecule has 1 aliphatic rings. The lowest BCUT2D eigenvalue weighted by Gasteiger charge is -2.31. The highest BCUT2D eigenvalue weighted by molar-refractivity contribution is 5.17. The monoisotopic (exact) mass is 380 g/mol. The lowest BCUT2D eigenvalue weighted by molar-refractivity contribution is -0.190. The topological polar surface area (TPSA) is 79.3 Å². The fraction of sp³-hybridized carbons (Fsp3) is 0.455. The summed E-state index contributed by atoms with van der Waals surface area (Å²) in [6.45, 7) is 2.05. The van der Waals surface area contributed by atoms with E-state index in [4.69, 9.17) is 15.0 Å². The van der Waals surface area contributed by atoms with Gasteiger partial charge in [0.25, 0.3) is 0 Å². The van der Waals surface area contributed by atoms with Crippen molar-refractivity contribution in [3.05, 3.63) is 82.2 Å². The summed E-state index contributed by atoms with van der Waals surface area (Å²) < 4.78 is 12.0. The Morgan fingerprint density at radius 3 is 2.43 bits per heavy atom. The third-order valence-corrected chi connectivity index (χ3v) is 4.90. The molecule has 1 saturated heterocycles. The van der Waals surface area contributed by atoms with Gasteiger partial charge in [-0.1, -0.05) is 65.8 Å². The minimum atomic E-state index is -0.304. The molecule has 6 heteroatoms. The van der Waals surface area contributed by atoms with Crippen molar-refractivity contribution in [3.63, 3.8) is 0 Å². The summed E-state index contributed by atoms with van der Waals surface area (Å²) in [5.41, 5.74) is 11.5. The molecule has 0 aromatic heterocycles. The average molecular weight is 380 g/mol. The highest BCUT2D eigenvalue weighted by Crippen LogP contribution is 2.20. The normalized spacial score (nSPS) is 18.8. The molecule has 6 nitrogen and oxygen atoms in total. The molecule has 0 radical (unpaired) electrons. The molecule has 28 heavy (non-hydrogen) atoms. The van der Waals surface area contributed by atoms with Crippen LogP contribution < -0.4 is 5.32 Å². The molecule has 1 fully saturated rings. The van der Waals surface area contributed by atoms with Crippen molar-refractivity contribution < 1.29 is 9.47 Å².